The summed E-state index contributed by atoms with van der Waals surface area (Å²) in [5, 5.41) is 4.34. The van der Waals surface area contributed by atoms with Gasteiger partial charge in [0.25, 0.3) is 0 Å². The van der Waals surface area contributed by atoms with Crippen LogP contribution >= 0.6 is 0 Å². The van der Waals surface area contributed by atoms with Gasteiger partial charge in [0.2, 0.25) is 5.95 Å². The molecule has 33 heavy (non-hydrogen) atoms. The molecule has 1 aliphatic rings. The van der Waals surface area contributed by atoms with Crippen LogP contribution in [0.3, 0.4) is 0 Å². The number of hydrogen-bond acceptors (Lipinski definition) is 7. The number of aromatic nitrogens is 4. The van der Waals surface area contributed by atoms with Crippen LogP contribution in [0.2, 0.25) is 0 Å². The van der Waals surface area contributed by atoms with E-state index < -0.39 is 0 Å². The summed E-state index contributed by atoms with van der Waals surface area (Å²) in [5.41, 5.74) is 6.78. The van der Waals surface area contributed by atoms with E-state index >= 15 is 0 Å². The molecule has 0 aliphatic carbocycles. The second-order valence-electron chi connectivity index (χ2n) is 8.43. The molecule has 7 nitrogen and oxygen atoms in total. The minimum absolute atomic E-state index is 0.575. The number of rotatable bonds is 5. The number of hydrogen-bond donors (Lipinski definition) is 1. The van der Waals surface area contributed by atoms with Crippen LogP contribution in [0, 0.1) is 6.92 Å². The topological polar surface area (TPSA) is 70.1 Å². The van der Waals surface area contributed by atoms with E-state index in [0.717, 1.165) is 65.2 Å². The highest BCUT2D eigenvalue weighted by Crippen LogP contribution is 2.27. The van der Waals surface area contributed by atoms with Crippen LogP contribution in [0.1, 0.15) is 16.8 Å². The van der Waals surface area contributed by atoms with E-state index in [1.54, 1.807) is 6.33 Å². The van der Waals surface area contributed by atoms with Crippen molar-refractivity contribution in [3.8, 4) is 0 Å². The smallest absolute Gasteiger partial charge is 0.227 e. The SMILES string of the molecule is C=C(c1ccc2ncncc2c1)c1cnc(Nc2cccc(N3CCN(C)CC3)c2)nc1C. The Morgan fingerprint density at radius 2 is 1.85 bits per heavy atom. The number of piperazine rings is 1. The van der Waals surface area contributed by atoms with E-state index in [-0.39, 0.29) is 0 Å². The zero-order valence-corrected chi connectivity index (χ0v) is 19.0. The Hall–Kier alpha value is -3.84. The molecule has 1 aliphatic heterocycles. The quantitative estimate of drug-likeness (QED) is 0.500. The average Bonchev–Trinajstić information content (AvgIpc) is 2.84. The third-order valence-corrected chi connectivity index (χ3v) is 6.13. The molecular weight excluding hydrogens is 410 g/mol. The molecule has 166 valence electrons. The predicted octanol–water partition coefficient (Wildman–Crippen LogP) is 4.29. The van der Waals surface area contributed by atoms with Gasteiger partial charge in [0, 0.05) is 60.9 Å². The van der Waals surface area contributed by atoms with Gasteiger partial charge >= 0.3 is 0 Å². The van der Waals surface area contributed by atoms with Crippen LogP contribution < -0.4 is 10.2 Å². The first-order valence-corrected chi connectivity index (χ1v) is 11.1. The number of nitrogens with zero attached hydrogens (tertiary/aromatic N) is 6. The summed E-state index contributed by atoms with van der Waals surface area (Å²) in [7, 11) is 2.17. The molecule has 0 saturated carbocycles. The zero-order chi connectivity index (χ0) is 22.8. The first-order valence-electron chi connectivity index (χ1n) is 11.1. The number of fused-ring (bicyclic) bond motifs is 1. The van der Waals surface area contributed by atoms with E-state index in [9.17, 15) is 0 Å². The minimum atomic E-state index is 0.575. The summed E-state index contributed by atoms with van der Waals surface area (Å²) in [5.74, 6) is 0.575. The monoisotopic (exact) mass is 437 g/mol. The third-order valence-electron chi connectivity index (χ3n) is 6.13. The fraction of sp³-hybridized carbons (Fsp3) is 0.231. The summed E-state index contributed by atoms with van der Waals surface area (Å²) >= 11 is 0. The van der Waals surface area contributed by atoms with Crippen molar-refractivity contribution in [2.24, 2.45) is 0 Å². The molecule has 0 radical (unpaired) electrons. The third kappa shape index (κ3) is 4.54. The second-order valence-corrected chi connectivity index (χ2v) is 8.43. The van der Waals surface area contributed by atoms with Crippen LogP contribution in [-0.2, 0) is 0 Å². The van der Waals surface area contributed by atoms with Gasteiger partial charge in [-0.25, -0.2) is 19.9 Å². The van der Waals surface area contributed by atoms with Crippen molar-refractivity contribution in [2.75, 3.05) is 43.4 Å². The van der Waals surface area contributed by atoms with Crippen molar-refractivity contribution < 1.29 is 0 Å². The second kappa shape index (κ2) is 8.96. The Morgan fingerprint density at radius 1 is 1.00 bits per heavy atom. The molecule has 7 heteroatoms. The number of nitrogens with one attached hydrogen (secondary N) is 1. The summed E-state index contributed by atoms with van der Waals surface area (Å²) in [6.45, 7) is 10.5. The number of benzene rings is 2. The summed E-state index contributed by atoms with van der Waals surface area (Å²) in [6.07, 6.45) is 5.20. The lowest BCUT2D eigenvalue weighted by atomic mass is 9.98. The van der Waals surface area contributed by atoms with E-state index in [2.05, 4.69) is 61.9 Å². The van der Waals surface area contributed by atoms with Crippen molar-refractivity contribution in [3.63, 3.8) is 0 Å². The van der Waals surface area contributed by atoms with Gasteiger partial charge in [-0.3, -0.25) is 0 Å². The normalized spacial score (nSPS) is 14.4. The number of aryl methyl sites for hydroxylation is 1. The summed E-state index contributed by atoms with van der Waals surface area (Å²) in [4.78, 5) is 22.4. The molecule has 0 amide bonds. The zero-order valence-electron chi connectivity index (χ0n) is 19.0. The molecule has 0 spiro atoms. The van der Waals surface area contributed by atoms with Crippen LogP contribution in [0.15, 0.2) is 67.8 Å². The Kier molecular flexibility index (Phi) is 5.71. The van der Waals surface area contributed by atoms with Crippen molar-refractivity contribution in [1.82, 2.24) is 24.8 Å². The molecule has 2 aromatic carbocycles. The van der Waals surface area contributed by atoms with Crippen LogP contribution in [0.5, 0.6) is 0 Å². The highest BCUT2D eigenvalue weighted by atomic mass is 15.2. The molecule has 1 saturated heterocycles. The Morgan fingerprint density at radius 3 is 2.67 bits per heavy atom. The van der Waals surface area contributed by atoms with Crippen molar-refractivity contribution in [3.05, 3.63) is 84.6 Å². The first kappa shape index (κ1) is 21.0. The van der Waals surface area contributed by atoms with Crippen molar-refractivity contribution in [2.45, 2.75) is 6.92 Å². The summed E-state index contributed by atoms with van der Waals surface area (Å²) in [6, 6.07) is 14.5. The Balaban J connectivity index is 1.33. The van der Waals surface area contributed by atoms with Crippen molar-refractivity contribution in [1.29, 1.82) is 0 Å². The fourth-order valence-corrected chi connectivity index (χ4v) is 4.13. The van der Waals surface area contributed by atoms with Gasteiger partial charge in [0.1, 0.15) is 6.33 Å². The van der Waals surface area contributed by atoms with E-state index in [4.69, 9.17) is 4.98 Å². The van der Waals surface area contributed by atoms with E-state index in [1.165, 1.54) is 5.69 Å². The minimum Gasteiger partial charge on any atom is -0.369 e. The van der Waals surface area contributed by atoms with Gasteiger partial charge in [-0.15, -0.1) is 0 Å². The number of likely N-dealkylation sites (N-methyl/N-ethyl adjacent to an activating group) is 1. The fourth-order valence-electron chi connectivity index (χ4n) is 4.13. The van der Waals surface area contributed by atoms with Crippen LogP contribution in [-0.4, -0.2) is 58.1 Å². The molecule has 2 aromatic heterocycles. The van der Waals surface area contributed by atoms with Gasteiger partial charge in [0.15, 0.2) is 0 Å². The maximum atomic E-state index is 4.70. The molecular formula is C26H27N7. The van der Waals surface area contributed by atoms with Gasteiger partial charge in [-0.2, -0.15) is 0 Å². The van der Waals surface area contributed by atoms with Crippen molar-refractivity contribution >= 4 is 33.8 Å². The molecule has 1 N–H and O–H groups in total. The van der Waals surface area contributed by atoms with Gasteiger partial charge in [0.05, 0.1) is 11.2 Å². The van der Waals surface area contributed by atoms with E-state index in [1.807, 2.05) is 43.6 Å². The number of anilines is 3. The molecule has 5 rings (SSSR count). The maximum Gasteiger partial charge on any atom is 0.227 e. The van der Waals surface area contributed by atoms with Gasteiger partial charge in [-0.1, -0.05) is 18.7 Å². The maximum absolute atomic E-state index is 4.70. The molecule has 0 atom stereocenters. The molecule has 4 aromatic rings. The van der Waals surface area contributed by atoms with Crippen LogP contribution in [0.25, 0.3) is 16.5 Å². The molecule has 0 unspecified atom stereocenters. The van der Waals surface area contributed by atoms with Crippen LogP contribution in [0.4, 0.5) is 17.3 Å². The largest absolute Gasteiger partial charge is 0.369 e. The lowest BCUT2D eigenvalue weighted by Gasteiger charge is -2.34. The lowest BCUT2D eigenvalue weighted by molar-refractivity contribution is 0.313. The molecule has 0 bridgehead atoms. The Labute approximate surface area is 193 Å². The molecule has 3 heterocycles. The molecule has 1 fully saturated rings. The average molecular weight is 438 g/mol. The Bertz CT molecular complexity index is 1310. The van der Waals surface area contributed by atoms with Gasteiger partial charge < -0.3 is 15.1 Å². The van der Waals surface area contributed by atoms with E-state index in [0.29, 0.717) is 5.95 Å². The first-order chi connectivity index (χ1) is 16.1. The highest BCUT2D eigenvalue weighted by molar-refractivity contribution is 5.86. The lowest BCUT2D eigenvalue weighted by Crippen LogP contribution is -2.44. The summed E-state index contributed by atoms with van der Waals surface area (Å²) < 4.78 is 0. The predicted molar refractivity (Wildman–Crippen MR) is 134 cm³/mol. The standard InChI is InChI=1S/C26H27N7/c1-18(20-7-8-25-21(13-20)15-27-17-29-25)24-16-28-26(30-19(24)2)31-22-5-4-6-23(14-22)33-11-9-32(3)10-12-33/h4-8,13-17H,1,9-12H2,2-3H3,(H,28,30,31). The van der Waals surface area contributed by atoms with Gasteiger partial charge in [-0.05, 0) is 55.4 Å². The highest BCUT2D eigenvalue weighted by Gasteiger charge is 2.15.